The van der Waals surface area contributed by atoms with Crippen molar-refractivity contribution in [1.82, 2.24) is 5.32 Å². The second-order valence-corrected chi connectivity index (χ2v) is 5.76. The highest BCUT2D eigenvalue weighted by molar-refractivity contribution is 7.09. The van der Waals surface area contributed by atoms with Crippen molar-refractivity contribution in [3.63, 3.8) is 0 Å². The fourth-order valence-corrected chi connectivity index (χ4v) is 2.60. The van der Waals surface area contributed by atoms with E-state index in [-0.39, 0.29) is 11.9 Å². The van der Waals surface area contributed by atoms with E-state index in [4.69, 9.17) is 9.47 Å². The number of anilines is 1. The second-order valence-electron chi connectivity index (χ2n) is 4.73. The smallest absolute Gasteiger partial charge is 0.242 e. The van der Waals surface area contributed by atoms with Gasteiger partial charge in [0, 0.05) is 10.9 Å². The van der Waals surface area contributed by atoms with Crippen molar-refractivity contribution in [2.24, 2.45) is 0 Å². The summed E-state index contributed by atoms with van der Waals surface area (Å²) in [7, 11) is 3.18. The molecule has 118 valence electrons. The van der Waals surface area contributed by atoms with E-state index >= 15 is 0 Å². The fraction of sp³-hybridized carbons (Fsp3) is 0.312. The lowest BCUT2D eigenvalue weighted by atomic mass is 10.2. The molecule has 1 amide bonds. The van der Waals surface area contributed by atoms with Crippen molar-refractivity contribution in [3.05, 3.63) is 40.6 Å². The lowest BCUT2D eigenvalue weighted by Crippen LogP contribution is -2.37. The van der Waals surface area contributed by atoms with Crippen LogP contribution in [0.4, 0.5) is 5.69 Å². The fourth-order valence-electron chi connectivity index (χ4n) is 1.96. The molecule has 0 saturated heterocycles. The van der Waals surface area contributed by atoms with Gasteiger partial charge in [-0.3, -0.25) is 4.79 Å². The molecule has 0 fully saturated rings. The molecule has 1 atom stereocenters. The summed E-state index contributed by atoms with van der Waals surface area (Å²) in [5.74, 6) is 1.28. The lowest BCUT2D eigenvalue weighted by Gasteiger charge is -2.17. The molecule has 0 unspecified atom stereocenters. The molecule has 0 aliphatic carbocycles. The van der Waals surface area contributed by atoms with Crippen molar-refractivity contribution >= 4 is 22.9 Å². The Morgan fingerprint density at radius 1 is 1.27 bits per heavy atom. The monoisotopic (exact) mass is 320 g/mol. The van der Waals surface area contributed by atoms with Crippen molar-refractivity contribution in [1.29, 1.82) is 0 Å². The molecular formula is C16H20N2O3S. The van der Waals surface area contributed by atoms with E-state index in [1.807, 2.05) is 36.6 Å². The molecule has 0 bridgehead atoms. The zero-order chi connectivity index (χ0) is 15.9. The number of hydrogen-bond donors (Lipinski definition) is 2. The number of ether oxygens (including phenoxy) is 2. The number of carbonyl (C=O) groups excluding carboxylic acids is 1. The average Bonchev–Trinajstić information content (AvgIpc) is 3.06. The SMILES string of the molecule is COc1ccc(N[C@H](C)C(=O)NCc2cccs2)c(OC)c1. The first-order valence-corrected chi connectivity index (χ1v) is 7.80. The number of benzene rings is 1. The minimum Gasteiger partial charge on any atom is -0.497 e. The molecule has 0 aliphatic rings. The number of methoxy groups -OCH3 is 2. The van der Waals surface area contributed by atoms with Gasteiger partial charge in [0.25, 0.3) is 0 Å². The number of thiophene rings is 1. The molecule has 0 radical (unpaired) electrons. The van der Waals surface area contributed by atoms with Crippen LogP contribution >= 0.6 is 11.3 Å². The minimum atomic E-state index is -0.373. The number of nitrogens with one attached hydrogen (secondary N) is 2. The van der Waals surface area contributed by atoms with Gasteiger partial charge in [-0.05, 0) is 30.5 Å². The molecule has 1 aromatic heterocycles. The third-order valence-electron chi connectivity index (χ3n) is 3.19. The highest BCUT2D eigenvalue weighted by Crippen LogP contribution is 2.29. The summed E-state index contributed by atoms with van der Waals surface area (Å²) in [5.41, 5.74) is 0.752. The van der Waals surface area contributed by atoms with E-state index in [2.05, 4.69) is 10.6 Å². The lowest BCUT2D eigenvalue weighted by molar-refractivity contribution is -0.121. The van der Waals surface area contributed by atoms with Crippen LogP contribution in [0.25, 0.3) is 0 Å². The molecule has 2 aromatic rings. The number of amides is 1. The Morgan fingerprint density at radius 2 is 2.09 bits per heavy atom. The third kappa shape index (κ3) is 4.14. The predicted molar refractivity (Wildman–Crippen MR) is 88.8 cm³/mol. The largest absolute Gasteiger partial charge is 0.497 e. The Bertz CT molecular complexity index is 614. The number of carbonyl (C=O) groups is 1. The maximum absolute atomic E-state index is 12.1. The Morgan fingerprint density at radius 3 is 2.73 bits per heavy atom. The van der Waals surface area contributed by atoms with Gasteiger partial charge in [0.05, 0.1) is 26.5 Å². The summed E-state index contributed by atoms with van der Waals surface area (Å²) >= 11 is 1.62. The van der Waals surface area contributed by atoms with Gasteiger partial charge in [-0.2, -0.15) is 0 Å². The van der Waals surface area contributed by atoms with Crippen molar-refractivity contribution < 1.29 is 14.3 Å². The summed E-state index contributed by atoms with van der Waals surface area (Å²) in [6.07, 6.45) is 0. The first-order chi connectivity index (χ1) is 10.6. The van der Waals surface area contributed by atoms with Crippen LogP contribution in [0.15, 0.2) is 35.7 Å². The van der Waals surface area contributed by atoms with Crippen molar-refractivity contribution in [3.8, 4) is 11.5 Å². The van der Waals surface area contributed by atoms with Crippen LogP contribution in [-0.2, 0) is 11.3 Å². The van der Waals surface area contributed by atoms with Gasteiger partial charge in [0.1, 0.15) is 17.5 Å². The highest BCUT2D eigenvalue weighted by Gasteiger charge is 2.15. The van der Waals surface area contributed by atoms with Crippen LogP contribution in [-0.4, -0.2) is 26.2 Å². The van der Waals surface area contributed by atoms with E-state index in [1.54, 1.807) is 31.6 Å². The molecular weight excluding hydrogens is 300 g/mol. The molecule has 6 heteroatoms. The van der Waals surface area contributed by atoms with Crippen molar-refractivity contribution in [2.75, 3.05) is 19.5 Å². The van der Waals surface area contributed by atoms with Gasteiger partial charge in [-0.15, -0.1) is 11.3 Å². The Hall–Kier alpha value is -2.21. The molecule has 1 aromatic carbocycles. The minimum absolute atomic E-state index is 0.0636. The van der Waals surface area contributed by atoms with E-state index < -0.39 is 0 Å². The van der Waals surface area contributed by atoms with Gasteiger partial charge < -0.3 is 20.1 Å². The summed E-state index contributed by atoms with van der Waals surface area (Å²) in [4.78, 5) is 13.3. The first kappa shape index (κ1) is 16.2. The molecule has 1 heterocycles. The van der Waals surface area contributed by atoms with Gasteiger partial charge >= 0.3 is 0 Å². The van der Waals surface area contributed by atoms with Crippen LogP contribution < -0.4 is 20.1 Å². The van der Waals surface area contributed by atoms with Crippen LogP contribution in [0.2, 0.25) is 0 Å². The molecule has 2 rings (SSSR count). The molecule has 0 spiro atoms. The van der Waals surface area contributed by atoms with Crippen molar-refractivity contribution in [2.45, 2.75) is 19.5 Å². The third-order valence-corrected chi connectivity index (χ3v) is 4.07. The van der Waals surface area contributed by atoms with Crippen LogP contribution in [0, 0.1) is 0 Å². The quantitative estimate of drug-likeness (QED) is 0.823. The average molecular weight is 320 g/mol. The zero-order valence-electron chi connectivity index (χ0n) is 12.9. The predicted octanol–water partition coefficient (Wildman–Crippen LogP) is 2.88. The topological polar surface area (TPSA) is 59.6 Å². The van der Waals surface area contributed by atoms with Gasteiger partial charge in [0.2, 0.25) is 5.91 Å². The standard InChI is InChI=1S/C16H20N2O3S/c1-11(16(19)17-10-13-5-4-8-22-13)18-14-7-6-12(20-2)9-15(14)21-3/h4-9,11,18H,10H2,1-3H3,(H,17,19)/t11-/m1/s1. The molecule has 5 nitrogen and oxygen atoms in total. The summed E-state index contributed by atoms with van der Waals surface area (Å²) in [6, 6.07) is 9.02. The summed E-state index contributed by atoms with van der Waals surface area (Å²) in [5, 5.41) is 8.05. The Kier molecular flexibility index (Phi) is 5.66. The van der Waals surface area contributed by atoms with Crippen LogP contribution in [0.3, 0.4) is 0 Å². The van der Waals surface area contributed by atoms with Gasteiger partial charge in [-0.1, -0.05) is 6.07 Å². The van der Waals surface area contributed by atoms with Gasteiger partial charge in [0.15, 0.2) is 0 Å². The highest BCUT2D eigenvalue weighted by atomic mass is 32.1. The van der Waals surface area contributed by atoms with E-state index in [9.17, 15) is 4.79 Å². The summed E-state index contributed by atoms with van der Waals surface area (Å²) < 4.78 is 10.5. The number of rotatable bonds is 7. The van der Waals surface area contributed by atoms with Crippen LogP contribution in [0.5, 0.6) is 11.5 Å². The molecule has 2 N–H and O–H groups in total. The molecule has 0 aliphatic heterocycles. The maximum Gasteiger partial charge on any atom is 0.242 e. The second kappa shape index (κ2) is 7.70. The van der Waals surface area contributed by atoms with Crippen LogP contribution in [0.1, 0.15) is 11.8 Å². The maximum atomic E-state index is 12.1. The van der Waals surface area contributed by atoms with E-state index in [0.717, 1.165) is 10.6 Å². The Balaban J connectivity index is 1.95. The zero-order valence-corrected chi connectivity index (χ0v) is 13.7. The first-order valence-electron chi connectivity index (χ1n) is 6.92. The van der Waals surface area contributed by atoms with E-state index in [0.29, 0.717) is 18.0 Å². The van der Waals surface area contributed by atoms with E-state index in [1.165, 1.54) is 0 Å². The number of hydrogen-bond acceptors (Lipinski definition) is 5. The normalized spacial score (nSPS) is 11.6. The molecule has 22 heavy (non-hydrogen) atoms. The van der Waals surface area contributed by atoms with Gasteiger partial charge in [-0.25, -0.2) is 0 Å². The summed E-state index contributed by atoms with van der Waals surface area (Å²) in [6.45, 7) is 2.36. The molecule has 0 saturated carbocycles. The Labute approximate surface area is 134 Å².